The summed E-state index contributed by atoms with van der Waals surface area (Å²) in [5, 5.41) is 24.3. The van der Waals surface area contributed by atoms with Crippen molar-refractivity contribution in [1.29, 1.82) is 0 Å². The minimum atomic E-state index is 0.0123. The van der Waals surface area contributed by atoms with Crippen LogP contribution in [0.25, 0.3) is 16.9 Å². The lowest BCUT2D eigenvalue weighted by Crippen LogP contribution is -2.10. The Balaban J connectivity index is 2.12. The zero-order valence-electron chi connectivity index (χ0n) is 11.0. The number of para-hydroxylation sites is 1. The Kier molecular flexibility index (Phi) is 3.26. The van der Waals surface area contributed by atoms with E-state index >= 15 is 0 Å². The molecule has 3 aromatic rings. The Morgan fingerprint density at radius 1 is 1.20 bits per heavy atom. The normalized spacial score (nSPS) is 10.9. The van der Waals surface area contributed by atoms with Crippen LogP contribution >= 0.6 is 0 Å². The maximum absolute atomic E-state index is 8.82. The number of aromatic nitrogens is 5. The van der Waals surface area contributed by atoms with Gasteiger partial charge in [-0.2, -0.15) is 10.1 Å². The Morgan fingerprint density at radius 3 is 2.75 bits per heavy atom. The van der Waals surface area contributed by atoms with E-state index in [1.165, 1.54) is 0 Å². The van der Waals surface area contributed by atoms with E-state index in [4.69, 9.17) is 5.11 Å². The summed E-state index contributed by atoms with van der Waals surface area (Å²) in [6.45, 7) is 2.27. The van der Waals surface area contributed by atoms with Gasteiger partial charge in [-0.1, -0.05) is 18.2 Å². The van der Waals surface area contributed by atoms with Crippen molar-refractivity contribution in [2.45, 2.75) is 6.92 Å². The van der Waals surface area contributed by atoms with Crippen molar-refractivity contribution >= 4 is 17.1 Å². The first-order chi connectivity index (χ1) is 9.79. The lowest BCUT2D eigenvalue weighted by atomic mass is 10.3. The number of nitrogens with one attached hydrogen (secondary N) is 1. The SMILES string of the molecule is Cc1nn(-c2ccccc2)c2nc(NCCO)nnc12. The van der Waals surface area contributed by atoms with Gasteiger partial charge in [0.1, 0.15) is 0 Å². The average Bonchev–Trinajstić information content (AvgIpc) is 2.83. The van der Waals surface area contributed by atoms with E-state index in [1.807, 2.05) is 37.3 Å². The van der Waals surface area contributed by atoms with Gasteiger partial charge in [0.05, 0.1) is 18.0 Å². The van der Waals surface area contributed by atoms with Crippen LogP contribution in [0.15, 0.2) is 30.3 Å². The number of fused-ring (bicyclic) bond motifs is 1. The van der Waals surface area contributed by atoms with Crippen LogP contribution in [0.3, 0.4) is 0 Å². The summed E-state index contributed by atoms with van der Waals surface area (Å²) in [6, 6.07) is 9.74. The molecule has 20 heavy (non-hydrogen) atoms. The molecule has 2 aromatic heterocycles. The number of nitrogens with zero attached hydrogens (tertiary/aromatic N) is 5. The van der Waals surface area contributed by atoms with E-state index in [9.17, 15) is 0 Å². The molecule has 0 unspecified atom stereocenters. The van der Waals surface area contributed by atoms with Crippen LogP contribution in [0, 0.1) is 6.92 Å². The Morgan fingerprint density at radius 2 is 2.00 bits per heavy atom. The zero-order valence-corrected chi connectivity index (χ0v) is 11.0. The molecule has 7 heteroatoms. The smallest absolute Gasteiger partial charge is 0.244 e. The van der Waals surface area contributed by atoms with Crippen molar-refractivity contribution in [3.63, 3.8) is 0 Å². The molecule has 2 heterocycles. The second-order valence-electron chi connectivity index (χ2n) is 4.29. The third-order valence-corrected chi connectivity index (χ3v) is 2.86. The summed E-state index contributed by atoms with van der Waals surface area (Å²) in [6.07, 6.45) is 0. The third-order valence-electron chi connectivity index (χ3n) is 2.86. The summed E-state index contributed by atoms with van der Waals surface area (Å²) >= 11 is 0. The number of hydrogen-bond donors (Lipinski definition) is 2. The molecule has 0 fully saturated rings. The first-order valence-electron chi connectivity index (χ1n) is 6.30. The quantitative estimate of drug-likeness (QED) is 0.733. The maximum atomic E-state index is 8.82. The van der Waals surface area contributed by atoms with E-state index in [-0.39, 0.29) is 6.61 Å². The van der Waals surface area contributed by atoms with Gasteiger partial charge >= 0.3 is 0 Å². The van der Waals surface area contributed by atoms with Crippen molar-refractivity contribution < 1.29 is 5.11 Å². The van der Waals surface area contributed by atoms with Crippen molar-refractivity contribution in [3.05, 3.63) is 36.0 Å². The van der Waals surface area contributed by atoms with Crippen LogP contribution in [0.5, 0.6) is 0 Å². The second-order valence-corrected chi connectivity index (χ2v) is 4.29. The average molecular weight is 270 g/mol. The van der Waals surface area contributed by atoms with Crippen LogP contribution in [0.1, 0.15) is 5.69 Å². The standard InChI is InChI=1S/C13H14N6O/c1-9-11-12(15-13(17-16-11)14-7-8-20)19(18-9)10-5-3-2-4-6-10/h2-6,20H,7-8H2,1H3,(H,14,15,17). The summed E-state index contributed by atoms with van der Waals surface area (Å²) in [4.78, 5) is 4.41. The number of rotatable bonds is 4. The second kappa shape index (κ2) is 5.22. The summed E-state index contributed by atoms with van der Waals surface area (Å²) in [5.41, 5.74) is 3.00. The lowest BCUT2D eigenvalue weighted by molar-refractivity contribution is 0.310. The molecular weight excluding hydrogens is 256 g/mol. The van der Waals surface area contributed by atoms with Crippen LogP contribution in [-0.2, 0) is 0 Å². The van der Waals surface area contributed by atoms with Gasteiger partial charge in [0.15, 0.2) is 11.2 Å². The van der Waals surface area contributed by atoms with Gasteiger partial charge in [-0.05, 0) is 19.1 Å². The molecule has 0 spiro atoms. The fraction of sp³-hybridized carbons (Fsp3) is 0.231. The minimum Gasteiger partial charge on any atom is -0.395 e. The van der Waals surface area contributed by atoms with E-state index in [2.05, 4.69) is 25.6 Å². The molecule has 0 saturated carbocycles. The molecule has 0 amide bonds. The number of hydrogen-bond acceptors (Lipinski definition) is 6. The van der Waals surface area contributed by atoms with E-state index in [0.29, 0.717) is 23.7 Å². The summed E-state index contributed by atoms with van der Waals surface area (Å²) in [7, 11) is 0. The fourth-order valence-electron chi connectivity index (χ4n) is 1.94. The van der Waals surface area contributed by atoms with Crippen LogP contribution in [0.4, 0.5) is 5.95 Å². The van der Waals surface area contributed by atoms with Gasteiger partial charge in [-0.15, -0.1) is 10.2 Å². The van der Waals surface area contributed by atoms with Crippen LogP contribution in [0.2, 0.25) is 0 Å². The first kappa shape index (κ1) is 12.5. The van der Waals surface area contributed by atoms with Gasteiger partial charge in [0, 0.05) is 6.54 Å². The van der Waals surface area contributed by atoms with Crippen molar-refractivity contribution in [2.75, 3.05) is 18.5 Å². The highest BCUT2D eigenvalue weighted by Crippen LogP contribution is 2.18. The minimum absolute atomic E-state index is 0.0123. The predicted octanol–water partition coefficient (Wildman–Crippen LogP) is 0.923. The van der Waals surface area contributed by atoms with Crippen molar-refractivity contribution in [3.8, 4) is 5.69 Å². The Labute approximate surface area is 115 Å². The van der Waals surface area contributed by atoms with Gasteiger partial charge in [-0.25, -0.2) is 4.68 Å². The van der Waals surface area contributed by atoms with Gasteiger partial charge < -0.3 is 10.4 Å². The highest BCUT2D eigenvalue weighted by atomic mass is 16.3. The highest BCUT2D eigenvalue weighted by Gasteiger charge is 2.13. The number of anilines is 1. The van der Waals surface area contributed by atoms with E-state index in [1.54, 1.807) is 4.68 Å². The van der Waals surface area contributed by atoms with Gasteiger partial charge in [0.2, 0.25) is 5.95 Å². The number of aliphatic hydroxyl groups excluding tert-OH is 1. The molecule has 0 atom stereocenters. The van der Waals surface area contributed by atoms with Gasteiger partial charge in [0.25, 0.3) is 0 Å². The molecule has 3 rings (SSSR count). The maximum Gasteiger partial charge on any atom is 0.244 e. The molecular formula is C13H14N6O. The molecule has 1 aromatic carbocycles. The molecule has 0 saturated heterocycles. The summed E-state index contributed by atoms with van der Waals surface area (Å²) in [5.74, 6) is 0.378. The van der Waals surface area contributed by atoms with E-state index < -0.39 is 0 Å². The zero-order chi connectivity index (χ0) is 13.9. The number of benzene rings is 1. The molecule has 0 aliphatic heterocycles. The van der Waals surface area contributed by atoms with Crippen LogP contribution < -0.4 is 5.32 Å². The molecule has 7 nitrogen and oxygen atoms in total. The van der Waals surface area contributed by atoms with Gasteiger partial charge in [-0.3, -0.25) is 0 Å². The Hall–Kier alpha value is -2.54. The summed E-state index contributed by atoms with van der Waals surface area (Å²) < 4.78 is 1.74. The third kappa shape index (κ3) is 2.19. The Bertz CT molecular complexity index is 724. The largest absolute Gasteiger partial charge is 0.395 e. The molecule has 2 N–H and O–H groups in total. The molecule has 0 bridgehead atoms. The number of aryl methyl sites for hydroxylation is 1. The first-order valence-corrected chi connectivity index (χ1v) is 6.30. The molecule has 102 valence electrons. The lowest BCUT2D eigenvalue weighted by Gasteiger charge is -2.04. The number of aliphatic hydroxyl groups is 1. The topological polar surface area (TPSA) is 88.8 Å². The molecule has 0 radical (unpaired) electrons. The molecule has 0 aliphatic carbocycles. The van der Waals surface area contributed by atoms with Crippen molar-refractivity contribution in [2.24, 2.45) is 0 Å². The molecule has 0 aliphatic rings. The van der Waals surface area contributed by atoms with Crippen LogP contribution in [-0.4, -0.2) is 43.2 Å². The monoisotopic (exact) mass is 270 g/mol. The van der Waals surface area contributed by atoms with E-state index in [0.717, 1.165) is 11.4 Å². The van der Waals surface area contributed by atoms with Crippen molar-refractivity contribution in [1.82, 2.24) is 25.0 Å². The highest BCUT2D eigenvalue weighted by molar-refractivity contribution is 5.75. The fourth-order valence-corrected chi connectivity index (χ4v) is 1.94. The predicted molar refractivity (Wildman–Crippen MR) is 74.8 cm³/mol.